The number of fused-ring (bicyclic) bond motifs is 1. The van der Waals surface area contributed by atoms with Gasteiger partial charge in [-0.05, 0) is 51.4 Å². The van der Waals surface area contributed by atoms with Gasteiger partial charge in [0.2, 0.25) is 5.89 Å². The van der Waals surface area contributed by atoms with E-state index < -0.39 is 0 Å². The first-order chi connectivity index (χ1) is 12.8. The van der Waals surface area contributed by atoms with E-state index in [1.165, 1.54) is 6.42 Å². The fourth-order valence-electron chi connectivity index (χ4n) is 3.71. The topological polar surface area (TPSA) is 88.5 Å². The molecule has 3 aromatic heterocycles. The van der Waals surface area contributed by atoms with Crippen molar-refractivity contribution in [2.45, 2.75) is 38.6 Å². The van der Waals surface area contributed by atoms with Gasteiger partial charge in [-0.15, -0.1) is 15.3 Å². The molecule has 0 atom stereocenters. The van der Waals surface area contributed by atoms with Crippen molar-refractivity contribution < 1.29 is 4.52 Å². The summed E-state index contributed by atoms with van der Waals surface area (Å²) in [6.07, 6.45) is 3.31. The van der Waals surface area contributed by atoms with E-state index in [1.54, 1.807) is 0 Å². The zero-order valence-electron chi connectivity index (χ0n) is 14.9. The van der Waals surface area contributed by atoms with E-state index in [0.717, 1.165) is 56.3 Å². The van der Waals surface area contributed by atoms with Crippen molar-refractivity contribution in [3.8, 4) is 0 Å². The summed E-state index contributed by atoms with van der Waals surface area (Å²) in [6, 6.07) is 4.06. The van der Waals surface area contributed by atoms with Crippen molar-refractivity contribution in [3.63, 3.8) is 0 Å². The number of anilines is 1. The van der Waals surface area contributed by atoms with Gasteiger partial charge in [0.25, 0.3) is 0 Å². The highest BCUT2D eigenvalue weighted by Gasteiger charge is 2.26. The van der Waals surface area contributed by atoms with E-state index in [-0.39, 0.29) is 0 Å². The molecule has 2 aliphatic rings. The van der Waals surface area contributed by atoms with Crippen LogP contribution in [0, 0.1) is 6.92 Å². The van der Waals surface area contributed by atoms with Crippen LogP contribution in [0.25, 0.3) is 5.65 Å². The molecule has 0 unspecified atom stereocenters. The smallest absolute Gasteiger partial charge is 0.240 e. The van der Waals surface area contributed by atoms with Gasteiger partial charge in [0.05, 0.1) is 6.54 Å². The number of rotatable bonds is 4. The fraction of sp³-hybridized carbons (Fsp3) is 0.588. The van der Waals surface area contributed by atoms with Crippen molar-refractivity contribution in [1.82, 2.24) is 34.9 Å². The standard InChI is InChI=1S/C17H22N8O/c1-12-18-16(26-22-12)11-23-9-5-13(6-10-23)17-20-19-14-3-4-15(21-25(14)17)24-7-2-8-24/h3-4,13H,2,5-11H2,1H3. The Bertz CT molecular complexity index is 907. The number of piperidine rings is 1. The molecule has 3 aromatic rings. The second kappa shape index (κ2) is 6.31. The third-order valence-electron chi connectivity index (χ3n) is 5.33. The van der Waals surface area contributed by atoms with Crippen LogP contribution in [-0.4, -0.2) is 61.0 Å². The van der Waals surface area contributed by atoms with Crippen LogP contribution in [0.2, 0.25) is 0 Å². The zero-order chi connectivity index (χ0) is 17.5. The maximum absolute atomic E-state index is 5.23. The minimum Gasteiger partial charge on any atom is -0.355 e. The van der Waals surface area contributed by atoms with E-state index in [1.807, 2.05) is 23.6 Å². The molecule has 26 heavy (non-hydrogen) atoms. The Labute approximate surface area is 151 Å². The first kappa shape index (κ1) is 15.7. The number of nitrogens with zero attached hydrogens (tertiary/aromatic N) is 8. The van der Waals surface area contributed by atoms with E-state index >= 15 is 0 Å². The normalized spacial score (nSPS) is 19.2. The van der Waals surface area contributed by atoms with Gasteiger partial charge in [0.15, 0.2) is 17.3 Å². The summed E-state index contributed by atoms with van der Waals surface area (Å²) in [7, 11) is 0. The molecule has 136 valence electrons. The number of hydrogen-bond acceptors (Lipinski definition) is 8. The highest BCUT2D eigenvalue weighted by Crippen LogP contribution is 2.28. The van der Waals surface area contributed by atoms with Gasteiger partial charge >= 0.3 is 0 Å². The van der Waals surface area contributed by atoms with Gasteiger partial charge in [-0.1, -0.05) is 5.16 Å². The van der Waals surface area contributed by atoms with E-state index in [0.29, 0.717) is 24.2 Å². The molecular weight excluding hydrogens is 332 g/mol. The maximum Gasteiger partial charge on any atom is 0.240 e. The van der Waals surface area contributed by atoms with E-state index in [2.05, 4.69) is 30.1 Å². The van der Waals surface area contributed by atoms with Gasteiger partial charge < -0.3 is 9.42 Å². The Kier molecular flexibility index (Phi) is 3.81. The molecule has 0 saturated carbocycles. The third kappa shape index (κ3) is 2.82. The summed E-state index contributed by atoms with van der Waals surface area (Å²) in [4.78, 5) is 8.94. The van der Waals surface area contributed by atoms with Crippen LogP contribution in [0.1, 0.15) is 42.7 Å². The summed E-state index contributed by atoms with van der Waals surface area (Å²) in [5.41, 5.74) is 0.827. The summed E-state index contributed by atoms with van der Waals surface area (Å²) in [5, 5.41) is 17.4. The van der Waals surface area contributed by atoms with Gasteiger partial charge in [-0.25, -0.2) is 0 Å². The molecule has 0 bridgehead atoms. The molecule has 0 N–H and O–H groups in total. The lowest BCUT2D eigenvalue weighted by Crippen LogP contribution is -2.38. The first-order valence-corrected chi connectivity index (χ1v) is 9.25. The summed E-state index contributed by atoms with van der Waals surface area (Å²) in [5.74, 6) is 3.76. The molecule has 2 saturated heterocycles. The molecule has 9 nitrogen and oxygen atoms in total. The molecule has 0 amide bonds. The van der Waals surface area contributed by atoms with Crippen LogP contribution in [0.4, 0.5) is 5.82 Å². The molecule has 5 heterocycles. The molecule has 2 fully saturated rings. The van der Waals surface area contributed by atoms with Crippen LogP contribution in [0.15, 0.2) is 16.7 Å². The molecule has 0 aromatic carbocycles. The SMILES string of the molecule is Cc1noc(CN2CCC(c3nnc4ccc(N5CCC5)nn34)CC2)n1. The summed E-state index contributed by atoms with van der Waals surface area (Å²) >= 11 is 0. The Morgan fingerprint density at radius 2 is 1.96 bits per heavy atom. The second-order valence-electron chi connectivity index (χ2n) is 7.15. The van der Waals surface area contributed by atoms with Gasteiger partial charge in [-0.2, -0.15) is 9.50 Å². The van der Waals surface area contributed by atoms with Crippen LogP contribution in [0.5, 0.6) is 0 Å². The Morgan fingerprint density at radius 3 is 2.65 bits per heavy atom. The quantitative estimate of drug-likeness (QED) is 0.695. The van der Waals surface area contributed by atoms with Gasteiger partial charge in [0.1, 0.15) is 5.82 Å². The molecular formula is C17H22N8O. The van der Waals surface area contributed by atoms with Crippen LogP contribution >= 0.6 is 0 Å². The predicted molar refractivity (Wildman–Crippen MR) is 93.9 cm³/mol. The highest BCUT2D eigenvalue weighted by molar-refractivity contribution is 5.47. The molecule has 0 radical (unpaired) electrons. The Balaban J connectivity index is 1.30. The minimum atomic E-state index is 0.379. The monoisotopic (exact) mass is 354 g/mol. The minimum absolute atomic E-state index is 0.379. The summed E-state index contributed by atoms with van der Waals surface area (Å²) < 4.78 is 7.17. The van der Waals surface area contributed by atoms with E-state index in [9.17, 15) is 0 Å². The van der Waals surface area contributed by atoms with E-state index in [4.69, 9.17) is 9.62 Å². The molecule has 5 rings (SSSR count). The molecule has 2 aliphatic heterocycles. The highest BCUT2D eigenvalue weighted by atomic mass is 16.5. The van der Waals surface area contributed by atoms with Crippen LogP contribution in [0.3, 0.4) is 0 Å². The average molecular weight is 354 g/mol. The molecule has 0 spiro atoms. The fourth-order valence-corrected chi connectivity index (χ4v) is 3.71. The van der Waals surface area contributed by atoms with Crippen molar-refractivity contribution in [2.75, 3.05) is 31.1 Å². The molecule has 0 aliphatic carbocycles. The average Bonchev–Trinajstić information content (AvgIpc) is 3.20. The first-order valence-electron chi connectivity index (χ1n) is 9.25. The molecule has 9 heteroatoms. The summed E-state index contributed by atoms with van der Waals surface area (Å²) in [6.45, 7) is 6.69. The van der Waals surface area contributed by atoms with Crippen molar-refractivity contribution in [3.05, 3.63) is 29.7 Å². The maximum atomic E-state index is 5.23. The van der Waals surface area contributed by atoms with Crippen molar-refractivity contribution in [1.29, 1.82) is 0 Å². The number of aryl methyl sites for hydroxylation is 1. The van der Waals surface area contributed by atoms with Crippen molar-refractivity contribution in [2.24, 2.45) is 0 Å². The Morgan fingerprint density at radius 1 is 1.12 bits per heavy atom. The predicted octanol–water partition coefficient (Wildman–Crippen LogP) is 1.41. The van der Waals surface area contributed by atoms with Gasteiger partial charge in [-0.3, -0.25) is 4.90 Å². The lowest BCUT2D eigenvalue weighted by atomic mass is 9.96. The van der Waals surface area contributed by atoms with Crippen molar-refractivity contribution >= 4 is 11.5 Å². The third-order valence-corrected chi connectivity index (χ3v) is 5.33. The van der Waals surface area contributed by atoms with Gasteiger partial charge in [0, 0.05) is 19.0 Å². The number of hydrogen-bond donors (Lipinski definition) is 0. The lowest BCUT2D eigenvalue weighted by molar-refractivity contribution is 0.178. The lowest BCUT2D eigenvalue weighted by Gasteiger charge is -2.32. The Hall–Kier alpha value is -2.55. The zero-order valence-corrected chi connectivity index (χ0v) is 14.9. The van der Waals surface area contributed by atoms with Crippen LogP contribution < -0.4 is 4.90 Å². The largest absolute Gasteiger partial charge is 0.355 e. The van der Waals surface area contributed by atoms with Crippen LogP contribution in [-0.2, 0) is 6.54 Å². The second-order valence-corrected chi connectivity index (χ2v) is 7.15. The number of likely N-dealkylation sites (tertiary alicyclic amines) is 1. The number of aromatic nitrogens is 6.